The van der Waals surface area contributed by atoms with Crippen LogP contribution < -0.4 is 5.32 Å². The summed E-state index contributed by atoms with van der Waals surface area (Å²) >= 11 is 1.61. The molecule has 150 valence electrons. The molecule has 1 aromatic carbocycles. The third-order valence-corrected chi connectivity index (χ3v) is 6.14. The summed E-state index contributed by atoms with van der Waals surface area (Å²) in [6.07, 6.45) is 4.21. The number of thiazole rings is 1. The zero-order chi connectivity index (χ0) is 20.7. The van der Waals surface area contributed by atoms with Gasteiger partial charge in [0.1, 0.15) is 5.82 Å². The Kier molecular flexibility index (Phi) is 4.67. The monoisotopic (exact) mass is 418 g/mol. The highest BCUT2D eigenvalue weighted by molar-refractivity contribution is 7.09. The Labute approximate surface area is 177 Å². The smallest absolute Gasteiger partial charge is 0.253 e. The number of benzene rings is 1. The van der Waals surface area contributed by atoms with Crippen molar-refractivity contribution in [2.45, 2.75) is 19.9 Å². The molecule has 1 aliphatic heterocycles. The van der Waals surface area contributed by atoms with Crippen LogP contribution in [0.15, 0.2) is 54.2 Å². The molecule has 7 heteroatoms. The average Bonchev–Trinajstić information content (AvgIpc) is 3.31. The molecule has 4 aromatic rings. The van der Waals surface area contributed by atoms with E-state index in [4.69, 9.17) is 0 Å². The third-order valence-electron chi connectivity index (χ3n) is 5.32. The standard InChI is InChI=1S/C23H19FN4OS/c1-14-27-18(13-30-14)12-28-19-8-11-26-23(29)21(19)20(15-2-4-17(24)5-3-15)22(28)16-6-9-25-10-7-16/h2-7,9-10,13H,8,11-12H2,1H3,(H,26,29). The molecule has 3 aromatic heterocycles. The number of hydrogen-bond acceptors (Lipinski definition) is 4. The van der Waals surface area contributed by atoms with E-state index in [2.05, 4.69) is 25.2 Å². The Balaban J connectivity index is 1.82. The molecule has 1 amide bonds. The van der Waals surface area contributed by atoms with E-state index in [1.807, 2.05) is 19.1 Å². The molecule has 5 rings (SSSR count). The van der Waals surface area contributed by atoms with Gasteiger partial charge in [0, 0.05) is 47.6 Å². The van der Waals surface area contributed by atoms with Crippen molar-refractivity contribution in [2.75, 3.05) is 6.54 Å². The molecular weight excluding hydrogens is 399 g/mol. The van der Waals surface area contributed by atoms with E-state index >= 15 is 0 Å². The van der Waals surface area contributed by atoms with Crippen LogP contribution in [-0.2, 0) is 13.0 Å². The van der Waals surface area contributed by atoms with Crippen molar-refractivity contribution < 1.29 is 9.18 Å². The first-order chi connectivity index (χ1) is 14.6. The van der Waals surface area contributed by atoms with Crippen LogP contribution in [0.5, 0.6) is 0 Å². The van der Waals surface area contributed by atoms with Crippen molar-refractivity contribution in [1.82, 2.24) is 19.9 Å². The first kappa shape index (κ1) is 18.7. The lowest BCUT2D eigenvalue weighted by molar-refractivity contribution is 0.0946. The highest BCUT2D eigenvalue weighted by Crippen LogP contribution is 2.41. The predicted octanol–water partition coefficient (Wildman–Crippen LogP) is 4.46. The van der Waals surface area contributed by atoms with Gasteiger partial charge in [0.2, 0.25) is 0 Å². The molecule has 1 aliphatic rings. The first-order valence-electron chi connectivity index (χ1n) is 9.72. The topological polar surface area (TPSA) is 59.8 Å². The number of carbonyl (C=O) groups excluding carboxylic acids is 1. The normalized spacial score (nSPS) is 13.2. The average molecular weight is 418 g/mol. The molecule has 0 bridgehead atoms. The fraction of sp³-hybridized carbons (Fsp3) is 0.174. The van der Waals surface area contributed by atoms with Gasteiger partial charge < -0.3 is 9.88 Å². The highest BCUT2D eigenvalue weighted by Gasteiger charge is 2.31. The molecule has 0 atom stereocenters. The van der Waals surface area contributed by atoms with Crippen molar-refractivity contribution in [3.8, 4) is 22.4 Å². The van der Waals surface area contributed by atoms with Gasteiger partial charge in [0.25, 0.3) is 5.91 Å². The molecular formula is C23H19FN4OS. The number of hydrogen-bond donors (Lipinski definition) is 1. The maximum absolute atomic E-state index is 13.6. The molecule has 0 aliphatic carbocycles. The van der Waals surface area contributed by atoms with Crippen LogP contribution in [0, 0.1) is 12.7 Å². The lowest BCUT2D eigenvalue weighted by Crippen LogP contribution is -2.32. The van der Waals surface area contributed by atoms with Crippen LogP contribution in [0.25, 0.3) is 22.4 Å². The number of amides is 1. The van der Waals surface area contributed by atoms with Crippen LogP contribution in [0.2, 0.25) is 0 Å². The molecule has 0 spiro atoms. The summed E-state index contributed by atoms with van der Waals surface area (Å²) < 4.78 is 15.8. The number of fused-ring (bicyclic) bond motifs is 1. The van der Waals surface area contributed by atoms with Crippen molar-refractivity contribution in [3.63, 3.8) is 0 Å². The number of carbonyl (C=O) groups is 1. The molecule has 0 unspecified atom stereocenters. The van der Waals surface area contributed by atoms with Crippen molar-refractivity contribution in [1.29, 1.82) is 0 Å². The Bertz CT molecular complexity index is 1230. The van der Waals surface area contributed by atoms with Gasteiger partial charge in [-0.3, -0.25) is 9.78 Å². The number of pyridine rings is 1. The van der Waals surface area contributed by atoms with E-state index in [-0.39, 0.29) is 11.7 Å². The number of aromatic nitrogens is 3. The molecule has 4 heterocycles. The molecule has 1 N–H and O–H groups in total. The van der Waals surface area contributed by atoms with Gasteiger partial charge in [0.15, 0.2) is 0 Å². The SMILES string of the molecule is Cc1nc(Cn2c3c(c(-c4ccc(F)cc4)c2-c2ccncc2)C(=O)NCC3)cs1. The Hall–Kier alpha value is -3.32. The number of nitrogens with one attached hydrogen (secondary N) is 1. The largest absolute Gasteiger partial charge is 0.352 e. The summed E-state index contributed by atoms with van der Waals surface area (Å²) in [6, 6.07) is 10.2. The Morgan fingerprint density at radius 2 is 1.87 bits per heavy atom. The number of halogens is 1. The van der Waals surface area contributed by atoms with E-state index in [1.54, 1.807) is 35.9 Å². The minimum Gasteiger partial charge on any atom is -0.352 e. The minimum absolute atomic E-state index is 0.0981. The van der Waals surface area contributed by atoms with Crippen molar-refractivity contribution >= 4 is 17.2 Å². The van der Waals surface area contributed by atoms with Crippen LogP contribution in [0.4, 0.5) is 4.39 Å². The van der Waals surface area contributed by atoms with Gasteiger partial charge in [0.05, 0.1) is 28.5 Å². The van der Waals surface area contributed by atoms with Gasteiger partial charge in [-0.1, -0.05) is 12.1 Å². The second kappa shape index (κ2) is 7.50. The van der Waals surface area contributed by atoms with E-state index in [0.717, 1.165) is 45.2 Å². The van der Waals surface area contributed by atoms with Crippen LogP contribution >= 0.6 is 11.3 Å². The molecule has 30 heavy (non-hydrogen) atoms. The molecule has 0 fully saturated rings. The maximum Gasteiger partial charge on any atom is 0.253 e. The van der Waals surface area contributed by atoms with Gasteiger partial charge in [-0.05, 0) is 36.8 Å². The van der Waals surface area contributed by atoms with Crippen molar-refractivity contribution in [3.05, 3.63) is 81.9 Å². The van der Waals surface area contributed by atoms with Crippen LogP contribution in [0.3, 0.4) is 0 Å². The van der Waals surface area contributed by atoms with Crippen LogP contribution in [-0.4, -0.2) is 27.0 Å². The lowest BCUT2D eigenvalue weighted by Gasteiger charge is -2.17. The molecule has 0 saturated heterocycles. The van der Waals surface area contributed by atoms with E-state index in [1.165, 1.54) is 12.1 Å². The van der Waals surface area contributed by atoms with E-state index < -0.39 is 0 Å². The highest BCUT2D eigenvalue weighted by atomic mass is 32.1. The molecule has 0 saturated carbocycles. The minimum atomic E-state index is -0.306. The summed E-state index contributed by atoms with van der Waals surface area (Å²) in [5, 5.41) is 6.03. The number of rotatable bonds is 4. The fourth-order valence-corrected chi connectivity index (χ4v) is 4.68. The number of aryl methyl sites for hydroxylation is 1. The Morgan fingerprint density at radius 1 is 1.10 bits per heavy atom. The van der Waals surface area contributed by atoms with Gasteiger partial charge in [-0.15, -0.1) is 11.3 Å². The lowest BCUT2D eigenvalue weighted by atomic mass is 9.95. The zero-order valence-electron chi connectivity index (χ0n) is 16.4. The summed E-state index contributed by atoms with van der Waals surface area (Å²) in [5.74, 6) is -0.404. The summed E-state index contributed by atoms with van der Waals surface area (Å²) in [7, 11) is 0. The molecule has 5 nitrogen and oxygen atoms in total. The summed E-state index contributed by atoms with van der Waals surface area (Å²) in [5.41, 5.74) is 6.12. The zero-order valence-corrected chi connectivity index (χ0v) is 17.2. The maximum atomic E-state index is 13.6. The van der Waals surface area contributed by atoms with E-state index in [9.17, 15) is 9.18 Å². The second-order valence-electron chi connectivity index (χ2n) is 7.24. The second-order valence-corrected chi connectivity index (χ2v) is 8.30. The first-order valence-corrected chi connectivity index (χ1v) is 10.6. The Morgan fingerprint density at radius 3 is 2.57 bits per heavy atom. The fourth-order valence-electron chi connectivity index (χ4n) is 4.08. The quantitative estimate of drug-likeness (QED) is 0.533. The van der Waals surface area contributed by atoms with Crippen LogP contribution in [0.1, 0.15) is 26.8 Å². The predicted molar refractivity (Wildman–Crippen MR) is 115 cm³/mol. The van der Waals surface area contributed by atoms with Gasteiger partial charge in [-0.2, -0.15) is 0 Å². The summed E-state index contributed by atoms with van der Waals surface area (Å²) in [4.78, 5) is 21.8. The van der Waals surface area contributed by atoms with Gasteiger partial charge in [-0.25, -0.2) is 9.37 Å². The van der Waals surface area contributed by atoms with Crippen molar-refractivity contribution in [2.24, 2.45) is 0 Å². The van der Waals surface area contributed by atoms with Gasteiger partial charge >= 0.3 is 0 Å². The summed E-state index contributed by atoms with van der Waals surface area (Å²) in [6.45, 7) is 3.14. The number of nitrogens with zero attached hydrogens (tertiary/aromatic N) is 3. The molecule has 0 radical (unpaired) electrons. The van der Waals surface area contributed by atoms with E-state index in [0.29, 0.717) is 18.7 Å². The third kappa shape index (κ3) is 3.21.